The molecule has 0 radical (unpaired) electrons. The molecule has 2 heterocycles. The second-order valence-corrected chi connectivity index (χ2v) is 12.5. The molecule has 0 saturated heterocycles. The smallest absolute Gasteiger partial charge is 0.164 e. The van der Waals surface area contributed by atoms with E-state index in [4.69, 9.17) is 19.4 Å². The molecule has 218 valence electrons. The molecule has 6 aromatic carbocycles. The number of aromatic nitrogens is 3. The van der Waals surface area contributed by atoms with Crippen molar-refractivity contribution in [3.05, 3.63) is 151 Å². The Hall–Kier alpha value is -5.87. The fourth-order valence-electron chi connectivity index (χ4n) is 7.00. The van der Waals surface area contributed by atoms with Gasteiger partial charge in [-0.25, -0.2) is 15.0 Å². The van der Waals surface area contributed by atoms with E-state index >= 15 is 0 Å². The van der Waals surface area contributed by atoms with Gasteiger partial charge in [0.15, 0.2) is 17.5 Å². The van der Waals surface area contributed by atoms with Gasteiger partial charge in [0.05, 0.1) is 0 Å². The van der Waals surface area contributed by atoms with Gasteiger partial charge in [-0.05, 0) is 57.6 Å². The fraction of sp³-hybridized carbons (Fsp3) is 0.0714. The molecular weight excluding hydrogens is 562 g/mol. The Balaban J connectivity index is 1.22. The number of benzene rings is 6. The fourth-order valence-corrected chi connectivity index (χ4v) is 7.00. The van der Waals surface area contributed by atoms with Gasteiger partial charge >= 0.3 is 0 Å². The maximum Gasteiger partial charge on any atom is 0.164 e. The van der Waals surface area contributed by atoms with Crippen LogP contribution in [0.3, 0.4) is 0 Å². The van der Waals surface area contributed by atoms with Crippen LogP contribution in [-0.2, 0) is 5.41 Å². The van der Waals surface area contributed by atoms with Gasteiger partial charge < -0.3 is 4.42 Å². The van der Waals surface area contributed by atoms with E-state index in [-0.39, 0.29) is 5.41 Å². The molecule has 0 fully saturated rings. The van der Waals surface area contributed by atoms with Crippen molar-refractivity contribution < 1.29 is 4.42 Å². The van der Waals surface area contributed by atoms with Crippen molar-refractivity contribution >= 4 is 21.9 Å². The summed E-state index contributed by atoms with van der Waals surface area (Å²) in [4.78, 5) is 15.1. The van der Waals surface area contributed by atoms with Gasteiger partial charge in [-0.3, -0.25) is 0 Å². The summed E-state index contributed by atoms with van der Waals surface area (Å²) >= 11 is 0. The summed E-state index contributed by atoms with van der Waals surface area (Å²) in [5.74, 6) is 1.96. The number of hydrogen-bond donors (Lipinski definition) is 0. The molecule has 8 aromatic rings. The molecule has 46 heavy (non-hydrogen) atoms. The molecule has 1 aliphatic rings. The molecule has 9 rings (SSSR count). The Morgan fingerprint density at radius 3 is 1.83 bits per heavy atom. The van der Waals surface area contributed by atoms with E-state index in [1.54, 1.807) is 0 Å². The third-order valence-corrected chi connectivity index (χ3v) is 9.33. The van der Waals surface area contributed by atoms with Gasteiger partial charge in [0.1, 0.15) is 11.2 Å². The van der Waals surface area contributed by atoms with Crippen LogP contribution in [0.2, 0.25) is 0 Å². The summed E-state index contributed by atoms with van der Waals surface area (Å²) in [6.07, 6.45) is 0. The zero-order valence-corrected chi connectivity index (χ0v) is 25.5. The van der Waals surface area contributed by atoms with Crippen molar-refractivity contribution in [1.82, 2.24) is 15.0 Å². The maximum atomic E-state index is 6.27. The van der Waals surface area contributed by atoms with Gasteiger partial charge in [0.2, 0.25) is 0 Å². The Kier molecular flexibility index (Phi) is 5.81. The molecule has 1 aliphatic carbocycles. The van der Waals surface area contributed by atoms with Crippen molar-refractivity contribution in [3.8, 4) is 56.4 Å². The zero-order chi connectivity index (χ0) is 30.8. The lowest BCUT2D eigenvalue weighted by Crippen LogP contribution is -2.15. The van der Waals surface area contributed by atoms with E-state index in [1.165, 1.54) is 27.6 Å². The number of fused-ring (bicyclic) bond motifs is 7. The Labute approximate surface area is 267 Å². The predicted molar refractivity (Wildman–Crippen MR) is 186 cm³/mol. The lowest BCUT2D eigenvalue weighted by atomic mass is 9.81. The highest BCUT2D eigenvalue weighted by Gasteiger charge is 2.37. The Morgan fingerprint density at radius 1 is 0.457 bits per heavy atom. The normalized spacial score (nSPS) is 13.2. The summed E-state index contributed by atoms with van der Waals surface area (Å²) in [5.41, 5.74) is 11.8. The number of para-hydroxylation sites is 1. The monoisotopic (exact) mass is 591 g/mol. The lowest BCUT2D eigenvalue weighted by molar-refractivity contribution is 0.656. The molecule has 0 aliphatic heterocycles. The zero-order valence-electron chi connectivity index (χ0n) is 25.5. The minimum Gasteiger partial charge on any atom is -0.456 e. The summed E-state index contributed by atoms with van der Waals surface area (Å²) in [5, 5.41) is 2.33. The third kappa shape index (κ3) is 4.11. The topological polar surface area (TPSA) is 51.8 Å². The van der Waals surface area contributed by atoms with Crippen LogP contribution >= 0.6 is 0 Å². The van der Waals surface area contributed by atoms with E-state index in [0.717, 1.165) is 44.4 Å². The highest BCUT2D eigenvalue weighted by atomic mass is 16.3. The van der Waals surface area contributed by atoms with Crippen LogP contribution in [0, 0.1) is 0 Å². The van der Waals surface area contributed by atoms with Crippen LogP contribution in [0.5, 0.6) is 0 Å². The predicted octanol–water partition coefficient (Wildman–Crippen LogP) is 10.7. The molecular formula is C42H29N3O. The largest absolute Gasteiger partial charge is 0.456 e. The summed E-state index contributed by atoms with van der Waals surface area (Å²) in [6, 6.07) is 48.3. The van der Waals surface area contributed by atoms with Crippen LogP contribution in [0.1, 0.15) is 25.0 Å². The van der Waals surface area contributed by atoms with Crippen molar-refractivity contribution in [1.29, 1.82) is 0 Å². The van der Waals surface area contributed by atoms with E-state index in [0.29, 0.717) is 17.5 Å². The molecule has 2 aromatic heterocycles. The van der Waals surface area contributed by atoms with E-state index in [9.17, 15) is 0 Å². The molecule has 0 N–H and O–H groups in total. The molecule has 0 unspecified atom stereocenters. The minimum atomic E-state index is -0.213. The Bertz CT molecular complexity index is 2440. The first kappa shape index (κ1) is 26.5. The summed E-state index contributed by atoms with van der Waals surface area (Å²) in [7, 11) is 0. The van der Waals surface area contributed by atoms with Crippen LogP contribution in [0.15, 0.2) is 144 Å². The third-order valence-electron chi connectivity index (χ3n) is 9.33. The standard InChI is InChI=1S/C42H29N3O/c1-42(2)33-22-23-36-38(32-18-9-10-19-35(32)46-36)37(33)31-21-20-30(25-34(31)42)41-44-39(27-14-7-4-8-15-27)43-40(45-41)29-17-11-16-28(24-29)26-12-5-3-6-13-26/h3-25H,1-2H3. The Morgan fingerprint density at radius 2 is 1.07 bits per heavy atom. The molecule has 4 nitrogen and oxygen atoms in total. The molecule has 0 spiro atoms. The first-order valence-electron chi connectivity index (χ1n) is 15.6. The first-order valence-corrected chi connectivity index (χ1v) is 15.6. The summed E-state index contributed by atoms with van der Waals surface area (Å²) < 4.78 is 6.27. The minimum absolute atomic E-state index is 0.213. The van der Waals surface area contributed by atoms with Gasteiger partial charge in [0.25, 0.3) is 0 Å². The van der Waals surface area contributed by atoms with Crippen molar-refractivity contribution in [3.63, 3.8) is 0 Å². The average Bonchev–Trinajstić information content (AvgIpc) is 3.60. The maximum absolute atomic E-state index is 6.27. The quantitative estimate of drug-likeness (QED) is 0.204. The molecule has 0 amide bonds. The number of nitrogens with zero attached hydrogens (tertiary/aromatic N) is 3. The highest BCUT2D eigenvalue weighted by Crippen LogP contribution is 2.53. The second kappa shape index (κ2) is 10.1. The van der Waals surface area contributed by atoms with Crippen LogP contribution in [0.4, 0.5) is 0 Å². The summed E-state index contributed by atoms with van der Waals surface area (Å²) in [6.45, 7) is 4.61. The van der Waals surface area contributed by atoms with Gasteiger partial charge in [-0.15, -0.1) is 0 Å². The molecule has 0 bridgehead atoms. The SMILES string of the molecule is CC1(C)c2cc(-c3nc(-c4ccccc4)nc(-c4cccc(-c5ccccc5)c4)n3)ccc2-c2c1ccc1oc3ccccc3c21. The van der Waals surface area contributed by atoms with E-state index < -0.39 is 0 Å². The highest BCUT2D eigenvalue weighted by molar-refractivity contribution is 6.15. The number of furan rings is 1. The van der Waals surface area contributed by atoms with Crippen molar-refractivity contribution in [2.75, 3.05) is 0 Å². The first-order chi connectivity index (χ1) is 22.5. The van der Waals surface area contributed by atoms with Crippen LogP contribution in [0.25, 0.3) is 78.4 Å². The van der Waals surface area contributed by atoms with Gasteiger partial charge in [-0.1, -0.05) is 129 Å². The van der Waals surface area contributed by atoms with Crippen molar-refractivity contribution in [2.45, 2.75) is 19.3 Å². The lowest BCUT2D eigenvalue weighted by Gasteiger charge is -2.22. The molecule has 0 saturated carbocycles. The van der Waals surface area contributed by atoms with E-state index in [1.807, 2.05) is 48.5 Å². The van der Waals surface area contributed by atoms with Crippen molar-refractivity contribution in [2.24, 2.45) is 0 Å². The van der Waals surface area contributed by atoms with Gasteiger partial charge in [-0.2, -0.15) is 0 Å². The second-order valence-electron chi connectivity index (χ2n) is 12.5. The number of hydrogen-bond acceptors (Lipinski definition) is 4. The molecule has 4 heteroatoms. The average molecular weight is 592 g/mol. The van der Waals surface area contributed by atoms with Crippen LogP contribution in [-0.4, -0.2) is 15.0 Å². The van der Waals surface area contributed by atoms with Crippen LogP contribution < -0.4 is 0 Å². The van der Waals surface area contributed by atoms with Gasteiger partial charge in [0, 0.05) is 32.9 Å². The number of rotatable bonds is 4. The molecule has 0 atom stereocenters. The van der Waals surface area contributed by atoms with E-state index in [2.05, 4.69) is 105 Å².